The molecule has 0 aromatic heterocycles. The van der Waals surface area contributed by atoms with E-state index in [2.05, 4.69) is 4.99 Å². The molecule has 94 valence electrons. The van der Waals surface area contributed by atoms with Gasteiger partial charge >= 0.3 is 0 Å². The van der Waals surface area contributed by atoms with Crippen LogP contribution in [-0.2, 0) is 9.47 Å². The van der Waals surface area contributed by atoms with Gasteiger partial charge in [0.15, 0.2) is 12.2 Å². The van der Waals surface area contributed by atoms with Gasteiger partial charge in [0.2, 0.25) is 0 Å². The van der Waals surface area contributed by atoms with Gasteiger partial charge in [-0.15, -0.1) is 0 Å². The molecule has 0 saturated carbocycles. The summed E-state index contributed by atoms with van der Waals surface area (Å²) in [6, 6.07) is -0.923. The van der Waals surface area contributed by atoms with Gasteiger partial charge in [-0.25, -0.2) is 4.99 Å². The second-order valence-corrected chi connectivity index (χ2v) is 3.49. The molecule has 0 bridgehead atoms. The molecule has 1 saturated heterocycles. The Balaban J connectivity index is 2.86. The van der Waals surface area contributed by atoms with Crippen molar-refractivity contribution in [3.8, 4) is 0 Å². The average Bonchev–Trinajstić information content (AvgIpc) is 2.25. The standard InChI is InChI=1S/C8H17N3O5/c1-15-7-4(11-8(9)10)6(14)5(13)3(2-12)16-7/h3-7,12-14H,2H2,1H3,(H4,9,10,11)/t3?,4-,5?,6?,7?/m0/s1. The van der Waals surface area contributed by atoms with E-state index in [0.717, 1.165) is 0 Å². The Morgan fingerprint density at radius 3 is 2.44 bits per heavy atom. The molecule has 0 spiro atoms. The third kappa shape index (κ3) is 2.60. The number of guanidine groups is 1. The minimum absolute atomic E-state index is 0.246. The zero-order valence-corrected chi connectivity index (χ0v) is 8.85. The first-order valence-electron chi connectivity index (χ1n) is 4.75. The minimum Gasteiger partial charge on any atom is -0.394 e. The molecule has 4 unspecified atom stereocenters. The van der Waals surface area contributed by atoms with E-state index in [9.17, 15) is 10.2 Å². The van der Waals surface area contributed by atoms with Crippen LogP contribution in [0.5, 0.6) is 0 Å². The number of aliphatic hydroxyl groups is 3. The second kappa shape index (κ2) is 5.41. The molecule has 1 heterocycles. The molecule has 8 nitrogen and oxygen atoms in total. The topological polar surface area (TPSA) is 144 Å². The molecule has 1 aliphatic rings. The smallest absolute Gasteiger partial charge is 0.186 e. The summed E-state index contributed by atoms with van der Waals surface area (Å²) in [5.41, 5.74) is 10.4. The fraction of sp³-hybridized carbons (Fsp3) is 0.875. The van der Waals surface area contributed by atoms with Crippen molar-refractivity contribution in [3.05, 3.63) is 0 Å². The Kier molecular flexibility index (Phi) is 4.44. The van der Waals surface area contributed by atoms with E-state index < -0.39 is 37.3 Å². The van der Waals surface area contributed by atoms with Gasteiger partial charge in [0.25, 0.3) is 0 Å². The molecule has 1 fully saturated rings. The number of ether oxygens (including phenoxy) is 2. The van der Waals surface area contributed by atoms with Gasteiger partial charge in [-0.05, 0) is 0 Å². The molecule has 5 atom stereocenters. The summed E-state index contributed by atoms with van der Waals surface area (Å²) < 4.78 is 10.1. The van der Waals surface area contributed by atoms with E-state index in [1.807, 2.05) is 0 Å². The maximum absolute atomic E-state index is 9.75. The summed E-state index contributed by atoms with van der Waals surface area (Å²) in [5.74, 6) is -0.246. The van der Waals surface area contributed by atoms with E-state index in [-0.39, 0.29) is 5.96 Å². The quantitative estimate of drug-likeness (QED) is 0.255. The van der Waals surface area contributed by atoms with Crippen LogP contribution in [0.1, 0.15) is 0 Å². The molecular weight excluding hydrogens is 218 g/mol. The highest BCUT2D eigenvalue weighted by Gasteiger charge is 2.44. The monoisotopic (exact) mass is 235 g/mol. The van der Waals surface area contributed by atoms with Crippen molar-refractivity contribution >= 4 is 5.96 Å². The lowest BCUT2D eigenvalue weighted by Crippen LogP contribution is -2.58. The van der Waals surface area contributed by atoms with E-state index in [1.165, 1.54) is 7.11 Å². The molecule has 1 aliphatic heterocycles. The van der Waals surface area contributed by atoms with Gasteiger partial charge in [-0.1, -0.05) is 0 Å². The fourth-order valence-corrected chi connectivity index (χ4v) is 1.57. The Bertz CT molecular complexity index is 256. The number of rotatable bonds is 3. The van der Waals surface area contributed by atoms with Crippen LogP contribution in [0.2, 0.25) is 0 Å². The summed E-state index contributed by atoms with van der Waals surface area (Å²) in [4.78, 5) is 3.72. The summed E-state index contributed by atoms with van der Waals surface area (Å²) in [6.45, 7) is -0.438. The van der Waals surface area contributed by atoms with E-state index in [1.54, 1.807) is 0 Å². The van der Waals surface area contributed by atoms with Crippen molar-refractivity contribution in [3.63, 3.8) is 0 Å². The number of methoxy groups -OCH3 is 1. The molecule has 0 aliphatic carbocycles. The Morgan fingerprint density at radius 1 is 1.38 bits per heavy atom. The van der Waals surface area contributed by atoms with E-state index in [0.29, 0.717) is 0 Å². The van der Waals surface area contributed by atoms with Gasteiger partial charge in [-0.3, -0.25) is 0 Å². The molecular formula is C8H17N3O5. The maximum atomic E-state index is 9.75. The second-order valence-electron chi connectivity index (χ2n) is 3.49. The summed E-state index contributed by atoms with van der Waals surface area (Å²) in [6.07, 6.45) is -4.38. The zero-order valence-electron chi connectivity index (χ0n) is 8.85. The largest absolute Gasteiger partial charge is 0.394 e. The normalized spacial score (nSPS) is 39.4. The number of aliphatic hydroxyl groups excluding tert-OH is 3. The zero-order chi connectivity index (χ0) is 12.3. The lowest BCUT2D eigenvalue weighted by molar-refractivity contribution is -0.257. The average molecular weight is 235 g/mol. The summed E-state index contributed by atoms with van der Waals surface area (Å²) >= 11 is 0. The number of hydrogen-bond acceptors (Lipinski definition) is 6. The first kappa shape index (κ1) is 13.1. The number of aliphatic imine (C=N–C) groups is 1. The highest BCUT2D eigenvalue weighted by atomic mass is 16.7. The number of hydrogen-bond donors (Lipinski definition) is 5. The first-order valence-corrected chi connectivity index (χ1v) is 4.75. The summed E-state index contributed by atoms with van der Waals surface area (Å²) in [5, 5.41) is 28.3. The third-order valence-electron chi connectivity index (χ3n) is 2.38. The van der Waals surface area contributed by atoms with Gasteiger partial charge in [-0.2, -0.15) is 0 Å². The van der Waals surface area contributed by atoms with Crippen LogP contribution >= 0.6 is 0 Å². The van der Waals surface area contributed by atoms with Gasteiger partial charge in [0.05, 0.1) is 6.61 Å². The van der Waals surface area contributed by atoms with Crippen molar-refractivity contribution < 1.29 is 24.8 Å². The van der Waals surface area contributed by atoms with E-state index in [4.69, 9.17) is 26.0 Å². The Labute approximate surface area is 92.5 Å². The van der Waals surface area contributed by atoms with Crippen LogP contribution in [0.4, 0.5) is 0 Å². The number of nitrogens with zero attached hydrogens (tertiary/aromatic N) is 1. The predicted molar refractivity (Wildman–Crippen MR) is 54.4 cm³/mol. The fourth-order valence-electron chi connectivity index (χ4n) is 1.57. The Hall–Kier alpha value is -0.930. The lowest BCUT2D eigenvalue weighted by Gasteiger charge is -2.39. The van der Waals surface area contributed by atoms with Gasteiger partial charge in [0, 0.05) is 7.11 Å². The first-order chi connectivity index (χ1) is 7.51. The van der Waals surface area contributed by atoms with Crippen molar-refractivity contribution in [2.24, 2.45) is 16.5 Å². The van der Waals surface area contributed by atoms with Gasteiger partial charge in [0.1, 0.15) is 24.4 Å². The Morgan fingerprint density at radius 2 is 2.00 bits per heavy atom. The SMILES string of the molecule is COC1OC(CO)C(O)C(O)[C@@H]1N=C(N)N. The van der Waals surface area contributed by atoms with Gasteiger partial charge < -0.3 is 36.3 Å². The van der Waals surface area contributed by atoms with Crippen molar-refractivity contribution in [2.45, 2.75) is 30.6 Å². The van der Waals surface area contributed by atoms with Crippen LogP contribution < -0.4 is 11.5 Å². The highest BCUT2D eigenvalue weighted by Crippen LogP contribution is 2.23. The van der Waals surface area contributed by atoms with E-state index >= 15 is 0 Å². The van der Waals surface area contributed by atoms with Crippen molar-refractivity contribution in [1.29, 1.82) is 0 Å². The molecule has 0 aromatic rings. The molecule has 1 rings (SSSR count). The summed E-state index contributed by atoms with van der Waals surface area (Å²) in [7, 11) is 1.35. The molecule has 0 radical (unpaired) electrons. The molecule has 7 N–H and O–H groups in total. The highest BCUT2D eigenvalue weighted by molar-refractivity contribution is 5.76. The molecule has 0 amide bonds. The lowest BCUT2D eigenvalue weighted by atomic mass is 9.97. The van der Waals surface area contributed by atoms with Crippen molar-refractivity contribution in [2.75, 3.05) is 13.7 Å². The molecule has 0 aromatic carbocycles. The molecule has 16 heavy (non-hydrogen) atoms. The maximum Gasteiger partial charge on any atom is 0.186 e. The number of nitrogens with two attached hydrogens (primary N) is 2. The van der Waals surface area contributed by atoms with Crippen LogP contribution in [0.3, 0.4) is 0 Å². The van der Waals surface area contributed by atoms with Crippen LogP contribution in [0.15, 0.2) is 4.99 Å². The van der Waals surface area contributed by atoms with Crippen molar-refractivity contribution in [1.82, 2.24) is 0 Å². The predicted octanol–water partition coefficient (Wildman–Crippen LogP) is -3.29. The molecule has 8 heteroatoms. The van der Waals surface area contributed by atoms with Crippen LogP contribution in [0, 0.1) is 0 Å². The minimum atomic E-state index is -1.27. The van der Waals surface area contributed by atoms with Crippen LogP contribution in [-0.4, -0.2) is 65.6 Å². The van der Waals surface area contributed by atoms with Crippen LogP contribution in [0.25, 0.3) is 0 Å². The third-order valence-corrected chi connectivity index (χ3v) is 2.38.